The first-order chi connectivity index (χ1) is 10.5. The molecule has 1 heterocycles. The van der Waals surface area contributed by atoms with E-state index in [1.165, 1.54) is 13.0 Å². The predicted molar refractivity (Wildman–Crippen MR) is 88.2 cm³/mol. The molecule has 0 aromatic heterocycles. The third-order valence-electron chi connectivity index (χ3n) is 4.48. The molecule has 1 aromatic carbocycles. The van der Waals surface area contributed by atoms with E-state index >= 15 is 0 Å². The van der Waals surface area contributed by atoms with Crippen molar-refractivity contribution >= 4 is 18.6 Å². The fraction of sp³-hybridized carbons (Fsp3) is 0.588. The zero-order chi connectivity index (χ0) is 17.4. The Balaban J connectivity index is 0.00000288. The van der Waals surface area contributed by atoms with Crippen LogP contribution in [0.4, 0.5) is 4.39 Å². The number of carbonyl (C=O) groups is 1. The summed E-state index contributed by atoms with van der Waals surface area (Å²) in [6.07, 6.45) is -0.0422. The Bertz CT molecular complexity index is 596. The molecule has 0 bridgehead atoms. The minimum absolute atomic E-state index is 0. The molecule has 0 spiro atoms. The Kier molecular flexibility index (Phi) is 7.70. The Hall–Kier alpha value is 0.241. The summed E-state index contributed by atoms with van der Waals surface area (Å²) in [6, 6.07) is 4.91. The van der Waals surface area contributed by atoms with Gasteiger partial charge in [-0.25, -0.2) is 4.39 Å². The van der Waals surface area contributed by atoms with Crippen LogP contribution in [-0.4, -0.2) is 30.4 Å². The minimum Gasteiger partial charge on any atom is -1.00 e. The number of hydrogen-bond donors (Lipinski definition) is 0. The van der Waals surface area contributed by atoms with Gasteiger partial charge in [0, 0.05) is 13.3 Å². The summed E-state index contributed by atoms with van der Waals surface area (Å²) in [5.74, 6) is -0.719. The maximum absolute atomic E-state index is 14.3. The van der Waals surface area contributed by atoms with Gasteiger partial charge in [0.15, 0.2) is 0 Å². The van der Waals surface area contributed by atoms with Crippen molar-refractivity contribution in [2.45, 2.75) is 65.3 Å². The van der Waals surface area contributed by atoms with Crippen LogP contribution in [0.2, 0.25) is 0 Å². The first kappa shape index (κ1) is 22.3. The second-order valence-electron chi connectivity index (χ2n) is 7.06. The fourth-order valence-corrected chi connectivity index (χ4v) is 2.49. The van der Waals surface area contributed by atoms with Crippen LogP contribution in [0, 0.1) is 5.82 Å². The molecule has 0 N–H and O–H groups in total. The van der Waals surface area contributed by atoms with E-state index in [1.807, 2.05) is 27.7 Å². The molecule has 1 aliphatic rings. The van der Waals surface area contributed by atoms with Gasteiger partial charge in [0.2, 0.25) is 0 Å². The van der Waals surface area contributed by atoms with Crippen molar-refractivity contribution in [3.63, 3.8) is 0 Å². The molecule has 2 rings (SSSR count). The van der Waals surface area contributed by atoms with E-state index < -0.39 is 18.3 Å². The van der Waals surface area contributed by atoms with E-state index in [9.17, 15) is 9.18 Å². The summed E-state index contributed by atoms with van der Waals surface area (Å²) in [5.41, 5.74) is 0.219. The normalized spacial score (nSPS) is 19.5. The van der Waals surface area contributed by atoms with Crippen LogP contribution in [-0.2, 0) is 25.3 Å². The monoisotopic (exact) mass is 362 g/mol. The van der Waals surface area contributed by atoms with Crippen molar-refractivity contribution < 1.29 is 76.0 Å². The number of hydrogen-bond acceptors (Lipinski definition) is 4. The van der Waals surface area contributed by atoms with Crippen LogP contribution in [0.25, 0.3) is 0 Å². The smallest absolute Gasteiger partial charge is 1.00 e. The molecule has 1 unspecified atom stereocenters. The number of benzene rings is 1. The number of halogens is 1. The summed E-state index contributed by atoms with van der Waals surface area (Å²) >= 11 is 0. The first-order valence-corrected chi connectivity index (χ1v) is 7.83. The summed E-state index contributed by atoms with van der Waals surface area (Å²) in [7, 11) is -0.588. The van der Waals surface area contributed by atoms with E-state index in [4.69, 9.17) is 14.0 Å². The molecule has 24 heavy (non-hydrogen) atoms. The van der Waals surface area contributed by atoms with Crippen LogP contribution in [0.5, 0.6) is 0 Å². The molecular weight excluding hydrogens is 337 g/mol. The number of rotatable bonds is 4. The van der Waals surface area contributed by atoms with Crippen LogP contribution < -0.4 is 56.8 Å². The topological polar surface area (TPSA) is 44.8 Å². The zero-order valence-electron chi connectivity index (χ0n) is 16.6. The van der Waals surface area contributed by atoms with Crippen LogP contribution in [0.3, 0.4) is 0 Å². The SMILES string of the molecule is CC(=O)OC(C)Cc1ccc(B2OC(C)(C)C(C)(C)O2)cc1F.[H-].[K+]. The zero-order valence-corrected chi connectivity index (χ0v) is 18.7. The van der Waals surface area contributed by atoms with Gasteiger partial charge in [-0.3, -0.25) is 4.79 Å². The van der Waals surface area contributed by atoms with Gasteiger partial charge in [-0.1, -0.05) is 12.1 Å². The quantitative estimate of drug-likeness (QED) is 0.547. The molecule has 1 aliphatic heterocycles. The maximum Gasteiger partial charge on any atom is 1.00 e. The van der Waals surface area contributed by atoms with Crippen molar-refractivity contribution in [2.24, 2.45) is 0 Å². The minimum atomic E-state index is -0.588. The molecule has 1 saturated heterocycles. The van der Waals surface area contributed by atoms with Gasteiger partial charge < -0.3 is 15.5 Å². The molecule has 0 radical (unpaired) electrons. The van der Waals surface area contributed by atoms with Crippen molar-refractivity contribution in [1.29, 1.82) is 0 Å². The molecule has 1 atom stereocenters. The van der Waals surface area contributed by atoms with Crippen LogP contribution >= 0.6 is 0 Å². The maximum atomic E-state index is 14.3. The second-order valence-corrected chi connectivity index (χ2v) is 7.06. The molecule has 0 aliphatic carbocycles. The summed E-state index contributed by atoms with van der Waals surface area (Å²) in [4.78, 5) is 10.9. The van der Waals surface area contributed by atoms with E-state index in [0.717, 1.165) is 0 Å². The Morgan fingerprint density at radius 1 is 1.29 bits per heavy atom. The third-order valence-corrected chi connectivity index (χ3v) is 4.48. The largest absolute Gasteiger partial charge is 1.00 e. The summed E-state index contributed by atoms with van der Waals surface area (Å²) < 4.78 is 31.2. The molecule has 4 nitrogen and oxygen atoms in total. The predicted octanol–water partition coefficient (Wildman–Crippen LogP) is -0.264. The Labute approximate surface area is 187 Å². The molecule has 0 amide bonds. The van der Waals surface area contributed by atoms with E-state index in [-0.39, 0.29) is 70.7 Å². The van der Waals surface area contributed by atoms with Gasteiger partial charge in [-0.2, -0.15) is 0 Å². The standard InChI is InChI=1S/C17H24BFO4.K.H/c1-11(21-12(2)20)9-13-7-8-14(10-15(13)19)18-22-16(3,4)17(5,6)23-18;;/h7-8,10-11H,9H2,1-6H3;;/q;+1;-1. The van der Waals surface area contributed by atoms with E-state index in [1.54, 1.807) is 19.1 Å². The van der Waals surface area contributed by atoms with Crippen molar-refractivity contribution in [3.05, 3.63) is 29.6 Å². The van der Waals surface area contributed by atoms with Crippen molar-refractivity contribution in [1.82, 2.24) is 0 Å². The third kappa shape index (κ3) is 5.13. The van der Waals surface area contributed by atoms with E-state index in [2.05, 4.69) is 0 Å². The Morgan fingerprint density at radius 3 is 2.29 bits per heavy atom. The average molecular weight is 362 g/mol. The Morgan fingerprint density at radius 2 is 1.83 bits per heavy atom. The summed E-state index contributed by atoms with van der Waals surface area (Å²) in [5, 5.41) is 0. The van der Waals surface area contributed by atoms with Gasteiger partial charge in [0.25, 0.3) is 0 Å². The molecular formula is C17H25BFKO4. The number of esters is 1. The number of carbonyl (C=O) groups excluding carboxylic acids is 1. The molecule has 1 fully saturated rings. The average Bonchev–Trinajstić information content (AvgIpc) is 2.60. The van der Waals surface area contributed by atoms with Crippen molar-refractivity contribution in [2.75, 3.05) is 0 Å². The van der Waals surface area contributed by atoms with Gasteiger partial charge in [-0.15, -0.1) is 0 Å². The van der Waals surface area contributed by atoms with Gasteiger partial charge in [-0.05, 0) is 51.7 Å². The fourth-order valence-electron chi connectivity index (χ4n) is 2.49. The summed E-state index contributed by atoms with van der Waals surface area (Å²) in [6.45, 7) is 10.9. The van der Waals surface area contributed by atoms with E-state index in [0.29, 0.717) is 17.4 Å². The second kappa shape index (κ2) is 8.29. The number of ether oxygens (including phenoxy) is 1. The molecule has 0 saturated carbocycles. The molecule has 128 valence electrons. The van der Waals surface area contributed by atoms with Gasteiger partial charge >= 0.3 is 64.5 Å². The van der Waals surface area contributed by atoms with Crippen LogP contribution in [0.15, 0.2) is 18.2 Å². The molecule has 1 aromatic rings. The van der Waals surface area contributed by atoms with Crippen molar-refractivity contribution in [3.8, 4) is 0 Å². The van der Waals surface area contributed by atoms with Crippen LogP contribution in [0.1, 0.15) is 48.5 Å². The van der Waals surface area contributed by atoms with Gasteiger partial charge in [0.1, 0.15) is 11.9 Å². The van der Waals surface area contributed by atoms with Gasteiger partial charge in [0.05, 0.1) is 11.2 Å². The molecule has 7 heteroatoms. The first-order valence-electron chi connectivity index (χ1n) is 7.83.